The maximum absolute atomic E-state index is 5.26. The van der Waals surface area contributed by atoms with Crippen molar-refractivity contribution in [3.63, 3.8) is 0 Å². The molecular formula is C136H88N14. The third-order valence-electron chi connectivity index (χ3n) is 27.2. The molecule has 16 aromatic carbocycles. The van der Waals surface area contributed by atoms with Crippen molar-refractivity contribution in [3.8, 4) is 203 Å². The Morgan fingerprint density at radius 2 is 0.353 bits per heavy atom. The van der Waals surface area contributed by atoms with Crippen molar-refractivity contribution in [2.45, 2.75) is 0 Å². The van der Waals surface area contributed by atoms with Crippen molar-refractivity contribution >= 4 is 65.0 Å². The lowest BCUT2D eigenvalue weighted by Gasteiger charge is -2.15. The molecule has 0 N–H and O–H groups in total. The smallest absolute Gasteiger partial charge is 0.164 e. The van der Waals surface area contributed by atoms with Crippen LogP contribution in [0.5, 0.6) is 0 Å². The Morgan fingerprint density at radius 3 is 0.653 bits per heavy atom. The van der Waals surface area contributed by atoms with Gasteiger partial charge in [-0.3, -0.25) is 24.9 Å². The Bertz CT molecular complexity index is 8530. The fourth-order valence-corrected chi connectivity index (χ4v) is 19.9. The quantitative estimate of drug-likeness (QED) is 0.0740. The average molecular weight is 1920 g/mol. The molecule has 0 aliphatic rings. The fraction of sp³-hybridized carbons (Fsp3) is 0. The molecule has 0 spiro atoms. The largest absolute Gasteiger partial charge is 0.255 e. The molecule has 0 bridgehead atoms. The number of hydrogen-bond acceptors (Lipinski definition) is 14. The van der Waals surface area contributed by atoms with Crippen molar-refractivity contribution in [2.75, 3.05) is 0 Å². The molecule has 0 aliphatic heterocycles. The molecule has 0 fully saturated rings. The van der Waals surface area contributed by atoms with Gasteiger partial charge in [-0.05, 0) is 175 Å². The normalized spacial score (nSPS) is 11.2. The molecule has 14 nitrogen and oxygen atoms in total. The van der Waals surface area contributed by atoms with E-state index in [-0.39, 0.29) is 0 Å². The summed E-state index contributed by atoms with van der Waals surface area (Å²) in [5.74, 6) is 2.62. The second-order valence-electron chi connectivity index (χ2n) is 36.5. The zero-order valence-corrected chi connectivity index (χ0v) is 81.1. The molecule has 27 aromatic rings. The highest BCUT2D eigenvalue weighted by molar-refractivity contribution is 6.20. The molecule has 0 atom stereocenters. The minimum absolute atomic E-state index is 0.629. The molecule has 11 aromatic heterocycles. The van der Waals surface area contributed by atoms with E-state index < -0.39 is 0 Å². The van der Waals surface area contributed by atoms with Crippen LogP contribution in [0.2, 0.25) is 0 Å². The van der Waals surface area contributed by atoms with Gasteiger partial charge in [0.2, 0.25) is 0 Å². The molecule has 0 saturated heterocycles. The number of aromatic nitrogens is 14. The van der Waals surface area contributed by atoms with E-state index in [0.29, 0.717) is 23.3 Å². The molecule has 14 heteroatoms. The lowest BCUT2D eigenvalue weighted by molar-refractivity contribution is 1.07. The van der Waals surface area contributed by atoms with E-state index in [9.17, 15) is 0 Å². The monoisotopic (exact) mass is 1920 g/mol. The van der Waals surface area contributed by atoms with Crippen molar-refractivity contribution in [1.82, 2.24) is 69.8 Å². The zero-order valence-electron chi connectivity index (χ0n) is 81.1. The lowest BCUT2D eigenvalue weighted by Crippen LogP contribution is -2.00. The number of rotatable bonds is 18. The summed E-state index contributed by atoms with van der Waals surface area (Å²) in [5.41, 5.74) is 34.6. The molecule has 27 rings (SSSR count). The molecule has 0 saturated carbocycles. The molecular weight excluding hydrogens is 1830 g/mol. The first-order valence-corrected chi connectivity index (χ1v) is 49.9. The highest BCUT2D eigenvalue weighted by Gasteiger charge is 2.24. The molecule has 0 radical (unpaired) electrons. The van der Waals surface area contributed by atoms with Gasteiger partial charge in [-0.1, -0.05) is 406 Å². The topological polar surface area (TPSA) is 180 Å². The van der Waals surface area contributed by atoms with Gasteiger partial charge < -0.3 is 0 Å². The Morgan fingerprint density at radius 1 is 0.113 bits per heavy atom. The predicted octanol–water partition coefficient (Wildman–Crippen LogP) is 33.5. The van der Waals surface area contributed by atoms with Crippen LogP contribution in [-0.2, 0) is 0 Å². The molecule has 0 aliphatic carbocycles. The Balaban J connectivity index is 0.000000116. The highest BCUT2D eigenvalue weighted by Crippen LogP contribution is 2.46. The van der Waals surface area contributed by atoms with Crippen LogP contribution in [0.1, 0.15) is 0 Å². The van der Waals surface area contributed by atoms with Crippen molar-refractivity contribution in [1.29, 1.82) is 0 Å². The van der Waals surface area contributed by atoms with Crippen LogP contribution in [0.3, 0.4) is 0 Å². The third-order valence-corrected chi connectivity index (χ3v) is 27.2. The first-order valence-electron chi connectivity index (χ1n) is 49.9. The van der Waals surface area contributed by atoms with Gasteiger partial charge in [0, 0.05) is 113 Å². The SMILES string of the molecule is c1ccc(-c2cc(-c3ccc(-c4ccc5c(c4)nc(-c4ccccn4)c4cccc(-c6ccccc6)c45)cc3)nc(-c3ccccc3)n2)cc1.c1ccc(-c2cccc3c(-c4ccccn4)nc4cc(-c5ccc(-c6cc(-c7ccccn7)nc(-c7ccccn7)c6)cc5)ccc4c23)cc1.c1ccc(-c2nc(-c3ccccc3)nc(-c3ccc(-c4ccc5c(c4)nc(-c4ccccn4)c4cccc(-c6ccccc6)c45)cc3)n2)cc1. The van der Waals surface area contributed by atoms with E-state index in [4.69, 9.17) is 59.8 Å². The Labute approximate surface area is 866 Å². The van der Waals surface area contributed by atoms with Crippen LogP contribution in [0, 0.1) is 0 Å². The summed E-state index contributed by atoms with van der Waals surface area (Å²) in [4.78, 5) is 68.6. The maximum Gasteiger partial charge on any atom is 0.164 e. The molecule has 0 amide bonds. The van der Waals surface area contributed by atoms with Gasteiger partial charge in [-0.2, -0.15) is 0 Å². The van der Waals surface area contributed by atoms with Crippen LogP contribution in [-0.4, -0.2) is 69.8 Å². The van der Waals surface area contributed by atoms with E-state index in [1.54, 1.807) is 12.4 Å². The maximum atomic E-state index is 5.26. The number of benzene rings is 16. The predicted molar refractivity (Wildman–Crippen MR) is 611 cm³/mol. The van der Waals surface area contributed by atoms with Gasteiger partial charge in [0.25, 0.3) is 0 Å². The summed E-state index contributed by atoms with van der Waals surface area (Å²) in [7, 11) is 0. The van der Waals surface area contributed by atoms with E-state index in [2.05, 4.69) is 325 Å². The van der Waals surface area contributed by atoms with Gasteiger partial charge in [-0.15, -0.1) is 0 Å². The van der Waals surface area contributed by atoms with Crippen LogP contribution < -0.4 is 0 Å². The molecule has 11 heterocycles. The second-order valence-corrected chi connectivity index (χ2v) is 36.5. The van der Waals surface area contributed by atoms with E-state index >= 15 is 0 Å². The van der Waals surface area contributed by atoms with Gasteiger partial charge in [0.05, 0.1) is 84.9 Å². The number of pyridine rings is 9. The fourth-order valence-electron chi connectivity index (χ4n) is 19.9. The van der Waals surface area contributed by atoms with E-state index in [1.165, 1.54) is 49.5 Å². The van der Waals surface area contributed by atoms with Gasteiger partial charge in [0.1, 0.15) is 0 Å². The second kappa shape index (κ2) is 41.1. The Hall–Kier alpha value is -20.5. The standard InChI is InChI=1S/C46H30N4.2C45H29N5/c1-4-13-32(14-5-1)37-19-12-20-39-44(37)38-27-26-36(29-43(38)48-45(39)40-21-10-11-28-47-40)31-22-24-34(25-23-31)42-30-41(33-15-6-2-7-16-33)49-46(50-42)35-17-8-3-9-18-35;1-4-13-31(14-5-1)36-19-12-20-38-41(36)37-27-26-35(29-40(37)47-42(38)39-21-10-11-28-46-39)30-22-24-34(25-23-30)45-49-43(32-15-6-2-7-16-32)48-44(50-45)33-17-8-3-9-18-33;1-2-11-32(12-3-1)35-13-10-14-37-44(35)36-23-22-33(27-41(36)50-45(37)40-17-6-9-26-48-40)30-18-20-31(21-19-30)34-28-42(38-15-4-7-24-46-38)49-43(29-34)39-16-5-8-25-47-39/h1-30H;2*1-29H. The van der Waals surface area contributed by atoms with Crippen molar-refractivity contribution in [3.05, 3.63) is 534 Å². The number of hydrogen-bond donors (Lipinski definition) is 0. The van der Waals surface area contributed by atoms with Crippen LogP contribution in [0.25, 0.3) is 268 Å². The van der Waals surface area contributed by atoms with Crippen LogP contribution in [0.4, 0.5) is 0 Å². The van der Waals surface area contributed by atoms with E-state index in [1.807, 2.05) is 207 Å². The minimum Gasteiger partial charge on any atom is -0.255 e. The summed E-state index contributed by atoms with van der Waals surface area (Å²) in [6, 6.07) is 173. The summed E-state index contributed by atoms with van der Waals surface area (Å²) < 4.78 is 0. The van der Waals surface area contributed by atoms with Gasteiger partial charge in [-0.25, -0.2) is 44.9 Å². The molecule has 0 unspecified atom stereocenters. The first kappa shape index (κ1) is 90.8. The average Bonchev–Trinajstić information content (AvgIpc) is 0.745. The summed E-state index contributed by atoms with van der Waals surface area (Å²) in [6.45, 7) is 0. The summed E-state index contributed by atoms with van der Waals surface area (Å²) in [6.07, 6.45) is 9.07. The number of nitrogens with zero attached hydrogens (tertiary/aromatic N) is 14. The summed E-state index contributed by atoms with van der Waals surface area (Å²) in [5, 5.41) is 10.1. The molecule has 150 heavy (non-hydrogen) atoms. The van der Waals surface area contributed by atoms with Crippen molar-refractivity contribution < 1.29 is 0 Å². The van der Waals surface area contributed by atoms with Crippen LogP contribution >= 0.6 is 0 Å². The zero-order chi connectivity index (χ0) is 99.8. The minimum atomic E-state index is 0.629. The third kappa shape index (κ3) is 18.7. The molecule has 702 valence electrons. The van der Waals surface area contributed by atoms with Crippen LogP contribution in [0.15, 0.2) is 534 Å². The van der Waals surface area contributed by atoms with Gasteiger partial charge >= 0.3 is 0 Å². The van der Waals surface area contributed by atoms with Gasteiger partial charge in [0.15, 0.2) is 23.3 Å². The first-order chi connectivity index (χ1) is 74.3. The lowest BCUT2D eigenvalue weighted by atomic mass is 9.92. The van der Waals surface area contributed by atoms with E-state index in [0.717, 1.165) is 195 Å². The van der Waals surface area contributed by atoms with Crippen molar-refractivity contribution in [2.24, 2.45) is 0 Å². The summed E-state index contributed by atoms with van der Waals surface area (Å²) >= 11 is 0. The highest BCUT2D eigenvalue weighted by atomic mass is 15.0. The Kier molecular flexibility index (Phi) is 24.9. The number of fused-ring (bicyclic) bond motifs is 9.